The summed E-state index contributed by atoms with van der Waals surface area (Å²) in [6.45, 7) is 2.08. The van der Waals surface area contributed by atoms with E-state index in [-0.39, 0.29) is 21.1 Å². The number of hydrogen-bond donors (Lipinski definition) is 1. The van der Waals surface area contributed by atoms with E-state index in [0.717, 1.165) is 0 Å². The summed E-state index contributed by atoms with van der Waals surface area (Å²) in [5, 5.41) is 0. The van der Waals surface area contributed by atoms with Crippen LogP contribution in [0.3, 0.4) is 0 Å². The first-order valence-electron chi connectivity index (χ1n) is 3.17. The van der Waals surface area contributed by atoms with Gasteiger partial charge in [0.2, 0.25) is 0 Å². The molecule has 0 fully saturated rings. The summed E-state index contributed by atoms with van der Waals surface area (Å²) in [5.41, 5.74) is 5.55. The van der Waals surface area contributed by atoms with E-state index < -0.39 is 0 Å². The third kappa shape index (κ3) is 6.76. The average molecular weight is 220 g/mol. The van der Waals surface area contributed by atoms with Crippen molar-refractivity contribution in [3.8, 4) is 0 Å². The average Bonchev–Trinajstić information content (AvgIpc) is 1.66. The molecule has 0 saturated heterocycles. The van der Waals surface area contributed by atoms with Gasteiger partial charge in [0, 0.05) is 0 Å². The predicted octanol–water partition coefficient (Wildman–Crippen LogP) is 1.28. The zero-order chi connectivity index (χ0) is 6.41. The van der Waals surface area contributed by atoms with Crippen LogP contribution in [0.5, 0.6) is 0 Å². The maximum absolute atomic E-state index is 5.55. The van der Waals surface area contributed by atoms with Crippen LogP contribution in [0, 0.1) is 0 Å². The van der Waals surface area contributed by atoms with Gasteiger partial charge in [-0.25, -0.2) is 0 Å². The molecule has 0 heterocycles. The van der Waals surface area contributed by atoms with Gasteiger partial charge in [0.05, 0.1) is 0 Å². The molecule has 2 heteroatoms. The van der Waals surface area contributed by atoms with E-state index in [2.05, 4.69) is 11.9 Å². The number of nitrogens with two attached hydrogens (primary N) is 1. The Kier molecular flexibility index (Phi) is 6.45. The summed E-state index contributed by atoms with van der Waals surface area (Å²) in [6.07, 6.45) is 2.61. The van der Waals surface area contributed by atoms with Gasteiger partial charge in [-0.2, -0.15) is 0 Å². The van der Waals surface area contributed by atoms with Gasteiger partial charge in [-0.15, -0.1) is 0 Å². The summed E-state index contributed by atoms with van der Waals surface area (Å²) in [4.78, 5) is 2.38. The monoisotopic (exact) mass is 221 g/mol. The molecule has 0 bridgehead atoms. The van der Waals surface area contributed by atoms with Crippen LogP contribution in [0.4, 0.5) is 0 Å². The van der Waals surface area contributed by atoms with Gasteiger partial charge >= 0.3 is 62.1 Å². The van der Waals surface area contributed by atoms with Crippen LogP contribution >= 0.6 is 0 Å². The summed E-state index contributed by atoms with van der Waals surface area (Å²) >= 11 is 0.0953. The van der Waals surface area contributed by atoms with Crippen molar-refractivity contribution in [1.29, 1.82) is 0 Å². The molecule has 0 saturated carbocycles. The molecule has 1 nitrogen and oxygen atoms in total. The molecule has 1 atom stereocenters. The van der Waals surface area contributed by atoms with E-state index in [1.165, 1.54) is 17.3 Å². The Morgan fingerprint density at radius 1 is 1.62 bits per heavy atom. The van der Waals surface area contributed by atoms with Gasteiger partial charge in [-0.1, -0.05) is 0 Å². The van der Waals surface area contributed by atoms with Gasteiger partial charge in [0.1, 0.15) is 0 Å². The van der Waals surface area contributed by atoms with Crippen LogP contribution in [0.1, 0.15) is 19.8 Å². The Balaban J connectivity index is 2.72. The van der Waals surface area contributed by atoms with Crippen molar-refractivity contribution in [1.82, 2.24) is 0 Å². The quantitative estimate of drug-likeness (QED) is 0.560. The fourth-order valence-electron chi connectivity index (χ4n) is 0.601. The molecule has 2 radical (unpaired) electrons. The van der Waals surface area contributed by atoms with Gasteiger partial charge in [0.25, 0.3) is 0 Å². The third-order valence-corrected chi connectivity index (χ3v) is 3.52. The van der Waals surface area contributed by atoms with E-state index in [1.807, 2.05) is 0 Å². The summed E-state index contributed by atoms with van der Waals surface area (Å²) < 4.78 is 1.50. The molecule has 0 aliphatic carbocycles. The summed E-state index contributed by atoms with van der Waals surface area (Å²) in [7, 11) is 0. The van der Waals surface area contributed by atoms with Crippen molar-refractivity contribution < 1.29 is 0 Å². The minimum absolute atomic E-state index is 0.0953. The molecule has 1 unspecified atom stereocenters. The van der Waals surface area contributed by atoms with Crippen molar-refractivity contribution >= 4 is 21.1 Å². The van der Waals surface area contributed by atoms with Crippen LogP contribution < -0.4 is 5.73 Å². The van der Waals surface area contributed by atoms with E-state index in [4.69, 9.17) is 5.73 Å². The molecule has 0 aliphatic rings. The Morgan fingerprint density at radius 3 is 2.62 bits per heavy atom. The first-order valence-corrected chi connectivity index (χ1v) is 8.04. The second-order valence-corrected chi connectivity index (χ2v) is 5.67. The minimum atomic E-state index is 0.0953. The number of rotatable bonds is 4. The van der Waals surface area contributed by atoms with Crippen molar-refractivity contribution in [2.75, 3.05) is 0 Å². The van der Waals surface area contributed by atoms with Crippen LogP contribution in [-0.4, -0.2) is 27.2 Å². The topological polar surface area (TPSA) is 26.0 Å². The zero-order valence-electron chi connectivity index (χ0n) is 5.78. The molecule has 0 amide bonds. The van der Waals surface area contributed by atoms with Crippen LogP contribution in [0.15, 0.2) is 0 Å². The first-order chi connectivity index (χ1) is 3.77. The normalized spacial score (nSPS) is 13.9. The van der Waals surface area contributed by atoms with E-state index in [1.54, 1.807) is 0 Å². The van der Waals surface area contributed by atoms with E-state index in [9.17, 15) is 0 Å². The molecule has 0 aromatic carbocycles. The molecule has 0 aliphatic heterocycles. The van der Waals surface area contributed by atoms with Crippen molar-refractivity contribution in [3.05, 3.63) is 0 Å². The molecular formula is C6H15NSn. The van der Waals surface area contributed by atoms with Gasteiger partial charge in [-0.3, -0.25) is 0 Å². The Bertz CT molecular complexity index is 45.8. The second kappa shape index (κ2) is 5.89. The Morgan fingerprint density at radius 2 is 2.25 bits per heavy atom. The first kappa shape index (κ1) is 8.76. The molecule has 8 heavy (non-hydrogen) atoms. The van der Waals surface area contributed by atoms with Gasteiger partial charge in [0.15, 0.2) is 0 Å². The van der Waals surface area contributed by atoms with Gasteiger partial charge < -0.3 is 0 Å². The summed E-state index contributed by atoms with van der Waals surface area (Å²) in [6, 6.07) is 0.431. The van der Waals surface area contributed by atoms with Crippen molar-refractivity contribution in [2.24, 2.45) is 5.73 Å². The molecule has 0 aromatic rings. The molecular weight excluding hydrogens is 205 g/mol. The fraction of sp³-hybridized carbons (Fsp3) is 1.00. The molecule has 2 N–H and O–H groups in total. The van der Waals surface area contributed by atoms with Gasteiger partial charge in [-0.05, 0) is 0 Å². The third-order valence-electron chi connectivity index (χ3n) is 1.09. The second-order valence-electron chi connectivity index (χ2n) is 2.22. The zero-order valence-corrected chi connectivity index (χ0v) is 8.63. The standard InChI is InChI=1S/C5H12N.CH3.Sn/c1-3-4-5(2)6;;/h5H,1,3-4,6H2,2H3;1H3;. The van der Waals surface area contributed by atoms with Crippen LogP contribution in [0.25, 0.3) is 0 Å². The maximum atomic E-state index is 5.55. The molecule has 0 aromatic heterocycles. The predicted molar refractivity (Wildman–Crippen MR) is 39.3 cm³/mol. The summed E-state index contributed by atoms with van der Waals surface area (Å²) in [5.74, 6) is 0. The van der Waals surface area contributed by atoms with Crippen LogP contribution in [-0.2, 0) is 0 Å². The van der Waals surface area contributed by atoms with E-state index >= 15 is 0 Å². The van der Waals surface area contributed by atoms with Crippen molar-refractivity contribution in [2.45, 2.75) is 35.2 Å². The SMILES string of the molecule is [CH3][Sn][CH2]CCC(C)N. The van der Waals surface area contributed by atoms with Crippen LogP contribution in [0.2, 0.25) is 9.38 Å². The fourth-order valence-corrected chi connectivity index (χ4v) is 2.19. The molecule has 48 valence electrons. The molecule has 0 spiro atoms. The Labute approximate surface area is 62.2 Å². The number of hydrogen-bond acceptors (Lipinski definition) is 1. The van der Waals surface area contributed by atoms with E-state index in [0.29, 0.717) is 6.04 Å². The Hall–Kier alpha value is 0.759. The van der Waals surface area contributed by atoms with Crippen molar-refractivity contribution in [3.63, 3.8) is 0 Å². The molecule has 0 rings (SSSR count).